The number of carbonyl (C=O) groups excluding carboxylic acids is 1. The highest BCUT2D eigenvalue weighted by molar-refractivity contribution is 9.10. The first kappa shape index (κ1) is 15.6. The van der Waals surface area contributed by atoms with E-state index in [0.717, 1.165) is 4.47 Å². The summed E-state index contributed by atoms with van der Waals surface area (Å²) in [4.78, 5) is 12.3. The molecule has 1 unspecified atom stereocenters. The average Bonchev–Trinajstić information content (AvgIpc) is 2.86. The SMILES string of the molecule is CSCc1nnc(SC(C)C(=O)c2ccc(Br)cc2)o1. The van der Waals surface area contributed by atoms with Gasteiger partial charge in [-0.3, -0.25) is 4.79 Å². The Balaban J connectivity index is 2.01. The first-order valence-corrected chi connectivity index (χ1v) is 8.94. The molecule has 4 nitrogen and oxygen atoms in total. The van der Waals surface area contributed by atoms with Crippen LogP contribution in [0, 0.1) is 0 Å². The van der Waals surface area contributed by atoms with Gasteiger partial charge in [-0.15, -0.1) is 10.2 Å². The molecule has 7 heteroatoms. The Labute approximate surface area is 134 Å². The van der Waals surface area contributed by atoms with Crippen LogP contribution in [0.2, 0.25) is 0 Å². The van der Waals surface area contributed by atoms with E-state index in [1.807, 2.05) is 25.3 Å². The summed E-state index contributed by atoms with van der Waals surface area (Å²) in [6, 6.07) is 7.31. The average molecular weight is 373 g/mol. The van der Waals surface area contributed by atoms with Crippen LogP contribution in [-0.4, -0.2) is 27.5 Å². The maximum atomic E-state index is 12.3. The Bertz CT molecular complexity index is 586. The van der Waals surface area contributed by atoms with Gasteiger partial charge in [0, 0.05) is 10.0 Å². The minimum absolute atomic E-state index is 0.0483. The Hall–Kier alpha value is -0.790. The van der Waals surface area contributed by atoms with E-state index in [1.54, 1.807) is 23.9 Å². The summed E-state index contributed by atoms with van der Waals surface area (Å²) >= 11 is 6.25. The molecule has 0 spiro atoms. The molecular weight excluding hydrogens is 360 g/mol. The molecule has 0 bridgehead atoms. The van der Waals surface area contributed by atoms with Crippen LogP contribution in [0.4, 0.5) is 0 Å². The van der Waals surface area contributed by atoms with Crippen molar-refractivity contribution in [2.45, 2.75) is 23.1 Å². The minimum atomic E-state index is -0.265. The first-order chi connectivity index (χ1) is 9.60. The molecule has 0 saturated heterocycles. The predicted octanol–water partition coefficient (Wildman–Crippen LogP) is 4.06. The third-order valence-corrected chi connectivity index (χ3v) is 4.49. The zero-order valence-corrected chi connectivity index (χ0v) is 14.2. The lowest BCUT2D eigenvalue weighted by molar-refractivity contribution is 0.0993. The van der Waals surface area contributed by atoms with Crippen LogP contribution in [0.1, 0.15) is 23.2 Å². The van der Waals surface area contributed by atoms with E-state index in [-0.39, 0.29) is 11.0 Å². The Morgan fingerprint density at radius 1 is 1.35 bits per heavy atom. The number of hydrogen-bond donors (Lipinski definition) is 0. The van der Waals surface area contributed by atoms with E-state index in [4.69, 9.17) is 4.42 Å². The smallest absolute Gasteiger partial charge is 0.277 e. The van der Waals surface area contributed by atoms with Gasteiger partial charge in [-0.2, -0.15) is 11.8 Å². The Morgan fingerprint density at radius 3 is 2.70 bits per heavy atom. The lowest BCUT2D eigenvalue weighted by Gasteiger charge is -2.07. The van der Waals surface area contributed by atoms with E-state index in [0.29, 0.717) is 22.4 Å². The van der Waals surface area contributed by atoms with Gasteiger partial charge in [0.05, 0.1) is 11.0 Å². The maximum absolute atomic E-state index is 12.3. The van der Waals surface area contributed by atoms with Crippen molar-refractivity contribution in [2.24, 2.45) is 0 Å². The van der Waals surface area contributed by atoms with Crippen molar-refractivity contribution in [3.8, 4) is 0 Å². The van der Waals surface area contributed by atoms with E-state index in [9.17, 15) is 4.79 Å². The number of hydrogen-bond acceptors (Lipinski definition) is 6. The fraction of sp³-hybridized carbons (Fsp3) is 0.308. The highest BCUT2D eigenvalue weighted by Gasteiger charge is 2.19. The summed E-state index contributed by atoms with van der Waals surface area (Å²) in [6.07, 6.45) is 1.97. The monoisotopic (exact) mass is 372 g/mol. The summed E-state index contributed by atoms with van der Waals surface area (Å²) < 4.78 is 6.41. The summed E-state index contributed by atoms with van der Waals surface area (Å²) in [6.45, 7) is 1.84. The molecule has 2 aromatic rings. The summed E-state index contributed by atoms with van der Waals surface area (Å²) in [5.74, 6) is 1.32. The van der Waals surface area contributed by atoms with Crippen molar-refractivity contribution in [2.75, 3.05) is 6.26 Å². The molecule has 0 fully saturated rings. The van der Waals surface area contributed by atoms with Crippen LogP contribution < -0.4 is 0 Å². The van der Waals surface area contributed by atoms with Crippen LogP contribution in [0.3, 0.4) is 0 Å². The highest BCUT2D eigenvalue weighted by atomic mass is 79.9. The predicted molar refractivity (Wildman–Crippen MR) is 85.3 cm³/mol. The number of thioether (sulfide) groups is 2. The van der Waals surface area contributed by atoms with E-state index < -0.39 is 0 Å². The number of Topliss-reactive ketones (excluding diaryl/α,β-unsaturated/α-hetero) is 1. The number of nitrogens with zero attached hydrogens (tertiary/aromatic N) is 2. The Kier molecular flexibility index (Phi) is 5.68. The molecule has 0 N–H and O–H groups in total. The second-order valence-electron chi connectivity index (χ2n) is 4.03. The number of benzene rings is 1. The van der Waals surface area contributed by atoms with Gasteiger partial charge in [-0.05, 0) is 25.3 Å². The molecule has 1 aromatic heterocycles. The third-order valence-electron chi connectivity index (χ3n) is 2.49. The van der Waals surface area contributed by atoms with Crippen LogP contribution in [0.5, 0.6) is 0 Å². The Morgan fingerprint density at radius 2 is 2.05 bits per heavy atom. The van der Waals surface area contributed by atoms with Gasteiger partial charge in [0.1, 0.15) is 0 Å². The van der Waals surface area contributed by atoms with Crippen LogP contribution in [-0.2, 0) is 5.75 Å². The van der Waals surface area contributed by atoms with Gasteiger partial charge in [0.2, 0.25) is 5.89 Å². The largest absolute Gasteiger partial charge is 0.415 e. The quantitative estimate of drug-likeness (QED) is 0.562. The van der Waals surface area contributed by atoms with Gasteiger partial charge in [-0.25, -0.2) is 0 Å². The fourth-order valence-corrected chi connectivity index (χ4v) is 2.93. The lowest BCUT2D eigenvalue weighted by atomic mass is 10.1. The van der Waals surface area contributed by atoms with Crippen molar-refractivity contribution in [3.05, 3.63) is 40.2 Å². The number of rotatable bonds is 6. The van der Waals surface area contributed by atoms with Crippen molar-refractivity contribution >= 4 is 45.2 Å². The van der Waals surface area contributed by atoms with Gasteiger partial charge in [-0.1, -0.05) is 39.8 Å². The van der Waals surface area contributed by atoms with Gasteiger partial charge in [0.15, 0.2) is 5.78 Å². The van der Waals surface area contributed by atoms with Crippen LogP contribution in [0.25, 0.3) is 0 Å². The lowest BCUT2D eigenvalue weighted by Crippen LogP contribution is -2.13. The standard InChI is InChI=1S/C13H13BrN2O2S2/c1-8(12(17)9-3-5-10(14)6-4-9)20-13-16-15-11(18-13)7-19-2/h3-6,8H,7H2,1-2H3. The molecule has 0 amide bonds. The van der Waals surface area contributed by atoms with Crippen molar-refractivity contribution in [1.29, 1.82) is 0 Å². The summed E-state index contributed by atoms with van der Waals surface area (Å²) in [7, 11) is 0. The van der Waals surface area contributed by atoms with Gasteiger partial charge in [0.25, 0.3) is 5.22 Å². The molecule has 2 rings (SSSR count). The summed E-state index contributed by atoms with van der Waals surface area (Å²) in [5, 5.41) is 8.04. The molecule has 1 aromatic carbocycles. The van der Waals surface area contributed by atoms with Gasteiger partial charge < -0.3 is 4.42 Å². The molecule has 0 saturated carbocycles. The number of carbonyl (C=O) groups is 1. The number of aromatic nitrogens is 2. The first-order valence-electron chi connectivity index (χ1n) is 5.88. The molecule has 0 aliphatic rings. The van der Waals surface area contributed by atoms with E-state index in [2.05, 4.69) is 26.1 Å². The highest BCUT2D eigenvalue weighted by Crippen LogP contribution is 2.25. The van der Waals surface area contributed by atoms with Crippen LogP contribution >= 0.6 is 39.5 Å². The second kappa shape index (κ2) is 7.28. The molecular formula is C13H13BrN2O2S2. The fourth-order valence-electron chi connectivity index (χ4n) is 1.52. The van der Waals surface area contributed by atoms with Crippen LogP contribution in [0.15, 0.2) is 38.4 Å². The summed E-state index contributed by atoms with van der Waals surface area (Å²) in [5.41, 5.74) is 0.678. The molecule has 0 aliphatic heterocycles. The number of halogens is 1. The third kappa shape index (κ3) is 4.10. The van der Waals surface area contributed by atoms with Crippen molar-refractivity contribution in [1.82, 2.24) is 10.2 Å². The molecule has 20 heavy (non-hydrogen) atoms. The normalized spacial score (nSPS) is 12.3. The molecule has 0 aliphatic carbocycles. The van der Waals surface area contributed by atoms with Crippen molar-refractivity contribution < 1.29 is 9.21 Å². The van der Waals surface area contributed by atoms with E-state index >= 15 is 0 Å². The zero-order valence-electron chi connectivity index (χ0n) is 11.0. The molecule has 0 radical (unpaired) electrons. The topological polar surface area (TPSA) is 56.0 Å². The molecule has 1 atom stereocenters. The van der Waals surface area contributed by atoms with E-state index in [1.165, 1.54) is 11.8 Å². The molecule has 1 heterocycles. The van der Waals surface area contributed by atoms with Crippen molar-refractivity contribution in [3.63, 3.8) is 0 Å². The minimum Gasteiger partial charge on any atom is -0.415 e. The van der Waals surface area contributed by atoms with Gasteiger partial charge >= 0.3 is 0 Å². The maximum Gasteiger partial charge on any atom is 0.277 e. The second-order valence-corrected chi connectivity index (χ2v) is 7.10. The zero-order chi connectivity index (χ0) is 14.5. The number of ketones is 1. The molecule has 106 valence electrons.